The average molecular weight is 284 g/mol. The Hall–Kier alpha value is -1.07. The van der Waals surface area contributed by atoms with Gasteiger partial charge in [0.05, 0.1) is 4.90 Å². The Balaban J connectivity index is 2.95. The predicted molar refractivity (Wildman–Crippen MR) is 79.5 cm³/mol. The van der Waals surface area contributed by atoms with Crippen molar-refractivity contribution in [2.24, 2.45) is 11.8 Å². The van der Waals surface area contributed by atoms with Crippen LogP contribution in [0.4, 0.5) is 5.69 Å². The maximum absolute atomic E-state index is 12.2. The molecule has 1 rings (SSSR count). The first-order valence-corrected chi connectivity index (χ1v) is 8.00. The normalized spacial score (nSPS) is 13.8. The molecule has 5 heteroatoms. The Kier molecular flexibility index (Phi) is 4.98. The molecular weight excluding hydrogens is 260 g/mol. The van der Waals surface area contributed by atoms with Gasteiger partial charge in [-0.25, -0.2) is 13.1 Å². The summed E-state index contributed by atoms with van der Waals surface area (Å²) in [7, 11) is -3.48. The van der Waals surface area contributed by atoms with Gasteiger partial charge in [0.1, 0.15) is 0 Å². The second-order valence-corrected chi connectivity index (χ2v) is 7.29. The van der Waals surface area contributed by atoms with Gasteiger partial charge >= 0.3 is 0 Å². The highest BCUT2D eigenvalue weighted by Gasteiger charge is 2.18. The molecule has 1 aromatic carbocycles. The fourth-order valence-electron chi connectivity index (χ4n) is 1.57. The summed E-state index contributed by atoms with van der Waals surface area (Å²) in [4.78, 5) is 0.240. The second kappa shape index (κ2) is 5.92. The fourth-order valence-corrected chi connectivity index (χ4v) is 2.83. The van der Waals surface area contributed by atoms with Crippen molar-refractivity contribution in [3.63, 3.8) is 0 Å². The molecule has 0 aromatic heterocycles. The number of nitrogens with one attached hydrogen (secondary N) is 1. The van der Waals surface area contributed by atoms with Crippen LogP contribution in [-0.4, -0.2) is 15.0 Å². The van der Waals surface area contributed by atoms with Gasteiger partial charge in [-0.3, -0.25) is 0 Å². The molecule has 0 fully saturated rings. The van der Waals surface area contributed by atoms with E-state index < -0.39 is 10.0 Å². The summed E-state index contributed by atoms with van der Waals surface area (Å²) < 4.78 is 27.1. The zero-order chi connectivity index (χ0) is 14.8. The van der Waals surface area contributed by atoms with Crippen molar-refractivity contribution in [3.8, 4) is 0 Å². The first-order valence-electron chi connectivity index (χ1n) is 6.51. The number of anilines is 1. The molecule has 0 amide bonds. The first kappa shape index (κ1) is 16.0. The summed E-state index contributed by atoms with van der Waals surface area (Å²) in [6, 6.07) is 3.18. The van der Waals surface area contributed by atoms with Crippen molar-refractivity contribution in [3.05, 3.63) is 23.3 Å². The number of hydrogen-bond acceptors (Lipinski definition) is 3. The molecular formula is C14H24N2O2S. The molecule has 0 saturated heterocycles. The molecule has 19 heavy (non-hydrogen) atoms. The number of sulfonamides is 1. The van der Waals surface area contributed by atoms with Gasteiger partial charge in [0.15, 0.2) is 0 Å². The fraction of sp³-hybridized carbons (Fsp3) is 0.571. The van der Waals surface area contributed by atoms with E-state index in [9.17, 15) is 8.42 Å². The molecule has 0 radical (unpaired) electrons. The Labute approximate surface area is 116 Å². The Morgan fingerprint density at radius 2 is 1.79 bits per heavy atom. The van der Waals surface area contributed by atoms with Crippen LogP contribution in [0.5, 0.6) is 0 Å². The van der Waals surface area contributed by atoms with Crippen LogP contribution >= 0.6 is 0 Å². The third kappa shape index (κ3) is 3.94. The molecule has 0 spiro atoms. The number of aryl methyl sites for hydroxylation is 1. The summed E-state index contributed by atoms with van der Waals surface area (Å²) >= 11 is 0. The molecule has 1 unspecified atom stereocenters. The van der Waals surface area contributed by atoms with Crippen LogP contribution in [0.2, 0.25) is 0 Å². The summed E-state index contributed by atoms with van der Waals surface area (Å²) in [5.41, 5.74) is 8.15. The minimum absolute atomic E-state index is 0.240. The van der Waals surface area contributed by atoms with Crippen molar-refractivity contribution >= 4 is 15.7 Å². The zero-order valence-electron chi connectivity index (χ0n) is 12.3. The van der Waals surface area contributed by atoms with E-state index in [4.69, 9.17) is 5.73 Å². The highest BCUT2D eigenvalue weighted by Crippen LogP contribution is 2.21. The van der Waals surface area contributed by atoms with Crippen LogP contribution < -0.4 is 10.5 Å². The summed E-state index contributed by atoms with van der Waals surface area (Å²) in [5.74, 6) is 0.728. The van der Waals surface area contributed by atoms with E-state index in [0.29, 0.717) is 24.1 Å². The average Bonchev–Trinajstić information content (AvgIpc) is 2.32. The molecule has 1 aromatic rings. The molecule has 0 aliphatic carbocycles. The monoisotopic (exact) mass is 284 g/mol. The van der Waals surface area contributed by atoms with E-state index >= 15 is 0 Å². The lowest BCUT2D eigenvalue weighted by molar-refractivity contribution is 0.414. The summed E-state index contributed by atoms with van der Waals surface area (Å²) in [5, 5.41) is 0. The van der Waals surface area contributed by atoms with Crippen LogP contribution in [0, 0.1) is 25.7 Å². The van der Waals surface area contributed by atoms with Crippen molar-refractivity contribution < 1.29 is 8.42 Å². The molecule has 0 aliphatic rings. The molecule has 0 aliphatic heterocycles. The third-order valence-electron chi connectivity index (χ3n) is 3.72. The molecule has 0 saturated carbocycles. The van der Waals surface area contributed by atoms with E-state index in [1.165, 1.54) is 6.07 Å². The van der Waals surface area contributed by atoms with Gasteiger partial charge < -0.3 is 5.73 Å². The highest BCUT2D eigenvalue weighted by molar-refractivity contribution is 7.89. The largest absolute Gasteiger partial charge is 0.398 e. The van der Waals surface area contributed by atoms with Crippen molar-refractivity contribution in [2.75, 3.05) is 12.3 Å². The molecule has 108 valence electrons. The smallest absolute Gasteiger partial charge is 0.240 e. The minimum atomic E-state index is -3.48. The standard InChI is InChI=1S/C14H24N2O2S/c1-9(2)11(4)8-16-19(17,18)13-6-10(3)12(5)14(15)7-13/h6-7,9,11,16H,8,15H2,1-5H3. The number of nitrogen functional groups attached to an aromatic ring is 1. The van der Waals surface area contributed by atoms with Crippen LogP contribution in [0.3, 0.4) is 0 Å². The van der Waals surface area contributed by atoms with Gasteiger partial charge in [0, 0.05) is 12.2 Å². The lowest BCUT2D eigenvalue weighted by atomic mass is 9.99. The molecule has 1 atom stereocenters. The number of nitrogens with two attached hydrogens (primary N) is 1. The molecule has 0 bridgehead atoms. The van der Waals surface area contributed by atoms with Gasteiger partial charge in [-0.1, -0.05) is 20.8 Å². The second-order valence-electron chi connectivity index (χ2n) is 5.53. The van der Waals surface area contributed by atoms with Crippen LogP contribution in [0.1, 0.15) is 31.9 Å². The third-order valence-corrected chi connectivity index (χ3v) is 5.13. The van der Waals surface area contributed by atoms with Crippen molar-refractivity contribution in [1.29, 1.82) is 0 Å². The van der Waals surface area contributed by atoms with E-state index in [0.717, 1.165) is 11.1 Å². The predicted octanol–water partition coefficient (Wildman–Crippen LogP) is 2.46. The first-order chi connectivity index (χ1) is 8.65. The maximum Gasteiger partial charge on any atom is 0.240 e. The van der Waals surface area contributed by atoms with Crippen LogP contribution in [0.25, 0.3) is 0 Å². The molecule has 4 nitrogen and oxygen atoms in total. The van der Waals surface area contributed by atoms with Gasteiger partial charge in [-0.05, 0) is 48.9 Å². The van der Waals surface area contributed by atoms with Gasteiger partial charge in [-0.15, -0.1) is 0 Å². The lowest BCUT2D eigenvalue weighted by Gasteiger charge is -2.17. The number of hydrogen-bond donors (Lipinski definition) is 2. The molecule has 0 heterocycles. The molecule has 3 N–H and O–H groups in total. The van der Waals surface area contributed by atoms with E-state index in [-0.39, 0.29) is 4.90 Å². The Morgan fingerprint density at radius 1 is 1.21 bits per heavy atom. The number of benzene rings is 1. The van der Waals surface area contributed by atoms with E-state index in [1.807, 2.05) is 20.8 Å². The summed E-state index contributed by atoms with van der Waals surface area (Å²) in [6.07, 6.45) is 0. The Morgan fingerprint density at radius 3 is 2.26 bits per heavy atom. The zero-order valence-corrected chi connectivity index (χ0v) is 13.1. The topological polar surface area (TPSA) is 72.2 Å². The highest BCUT2D eigenvalue weighted by atomic mass is 32.2. The van der Waals surface area contributed by atoms with Gasteiger partial charge in [-0.2, -0.15) is 0 Å². The van der Waals surface area contributed by atoms with Gasteiger partial charge in [0.25, 0.3) is 0 Å². The van der Waals surface area contributed by atoms with Crippen molar-refractivity contribution in [1.82, 2.24) is 4.72 Å². The van der Waals surface area contributed by atoms with Crippen LogP contribution in [0.15, 0.2) is 17.0 Å². The van der Waals surface area contributed by atoms with E-state index in [1.54, 1.807) is 6.07 Å². The quantitative estimate of drug-likeness (QED) is 0.816. The minimum Gasteiger partial charge on any atom is -0.398 e. The lowest BCUT2D eigenvalue weighted by Crippen LogP contribution is -2.30. The van der Waals surface area contributed by atoms with E-state index in [2.05, 4.69) is 18.6 Å². The number of rotatable bonds is 5. The maximum atomic E-state index is 12.2. The Bertz CT molecular complexity index is 528. The SMILES string of the molecule is Cc1cc(S(=O)(=O)NCC(C)C(C)C)cc(N)c1C. The van der Waals surface area contributed by atoms with Crippen LogP contribution in [-0.2, 0) is 10.0 Å². The summed E-state index contributed by atoms with van der Waals surface area (Å²) in [6.45, 7) is 10.4. The van der Waals surface area contributed by atoms with Crippen molar-refractivity contribution in [2.45, 2.75) is 39.5 Å². The van der Waals surface area contributed by atoms with Gasteiger partial charge in [0.2, 0.25) is 10.0 Å².